The summed E-state index contributed by atoms with van der Waals surface area (Å²) in [5.41, 5.74) is -0.00589. The first-order chi connectivity index (χ1) is 9.04. The van der Waals surface area contributed by atoms with Gasteiger partial charge < -0.3 is 25.0 Å². The first kappa shape index (κ1) is 14.9. The Bertz CT molecular complexity index is 460. The maximum absolute atomic E-state index is 11.5. The Morgan fingerprint density at radius 1 is 1.32 bits per heavy atom. The molecule has 1 aromatic rings. The molecule has 0 saturated heterocycles. The Kier molecular flexibility index (Phi) is 5.77. The van der Waals surface area contributed by atoms with Gasteiger partial charge in [0, 0.05) is 7.11 Å². The van der Waals surface area contributed by atoms with Crippen molar-refractivity contribution in [2.45, 2.75) is 0 Å². The van der Waals surface area contributed by atoms with Crippen LogP contribution in [0.5, 0.6) is 5.75 Å². The van der Waals surface area contributed by atoms with Crippen LogP contribution in [-0.4, -0.2) is 49.0 Å². The monoisotopic (exact) mass is 269 g/mol. The largest absolute Gasteiger partial charge is 0.506 e. The topological polar surface area (TPSA) is 105 Å². The van der Waals surface area contributed by atoms with Crippen LogP contribution in [0, 0.1) is 0 Å². The number of ether oxygens (including phenoxy) is 2. The molecule has 0 unspecified atom stereocenters. The second-order valence-corrected chi connectivity index (χ2v) is 3.63. The van der Waals surface area contributed by atoms with Crippen molar-refractivity contribution in [2.75, 3.05) is 32.2 Å². The zero-order valence-electron chi connectivity index (χ0n) is 10.4. The minimum Gasteiger partial charge on any atom is -0.506 e. The molecule has 0 aliphatic carbocycles. The molecule has 0 saturated carbocycles. The van der Waals surface area contributed by atoms with Crippen molar-refractivity contribution in [3.05, 3.63) is 23.8 Å². The van der Waals surface area contributed by atoms with Crippen molar-refractivity contribution in [3.8, 4) is 5.75 Å². The summed E-state index contributed by atoms with van der Waals surface area (Å²) in [4.78, 5) is 22.2. The average Bonchev–Trinajstić information content (AvgIpc) is 2.37. The van der Waals surface area contributed by atoms with Crippen LogP contribution in [-0.2, 0) is 14.3 Å². The molecule has 0 fully saturated rings. The second kappa shape index (κ2) is 7.34. The van der Waals surface area contributed by atoms with E-state index >= 15 is 0 Å². The maximum atomic E-state index is 11.5. The Hall–Kier alpha value is -2.12. The van der Waals surface area contributed by atoms with E-state index in [0.29, 0.717) is 6.61 Å². The average molecular weight is 269 g/mol. The molecule has 1 aromatic carbocycles. The zero-order chi connectivity index (χ0) is 14.3. The molecule has 0 heterocycles. The molecule has 0 aliphatic rings. The third-order valence-corrected chi connectivity index (χ3v) is 2.18. The van der Waals surface area contributed by atoms with Gasteiger partial charge in [0.25, 0.3) is 0 Å². The van der Waals surface area contributed by atoms with Gasteiger partial charge in [0.2, 0.25) is 5.91 Å². The SMILES string of the molecule is COCCOCC(=O)Nc1cc(C(=O)O)ccc1O. The zero-order valence-corrected chi connectivity index (χ0v) is 10.4. The quantitative estimate of drug-likeness (QED) is 0.497. The fourth-order valence-electron chi connectivity index (χ4n) is 1.26. The number of aromatic carboxylic acids is 1. The molecule has 7 heteroatoms. The minimum absolute atomic E-state index is 0.0280. The number of hydrogen-bond acceptors (Lipinski definition) is 5. The highest BCUT2D eigenvalue weighted by Gasteiger charge is 2.10. The van der Waals surface area contributed by atoms with Gasteiger partial charge in [0.05, 0.1) is 24.5 Å². The molecule has 3 N–H and O–H groups in total. The normalized spacial score (nSPS) is 10.2. The van der Waals surface area contributed by atoms with Gasteiger partial charge in [-0.3, -0.25) is 4.79 Å². The highest BCUT2D eigenvalue weighted by atomic mass is 16.5. The van der Waals surface area contributed by atoms with Crippen LogP contribution in [0.25, 0.3) is 0 Å². The van der Waals surface area contributed by atoms with Crippen molar-refractivity contribution in [1.29, 1.82) is 0 Å². The number of phenolic OH excluding ortho intramolecular Hbond substituents is 1. The number of anilines is 1. The number of rotatable bonds is 7. The van der Waals surface area contributed by atoms with Gasteiger partial charge in [-0.2, -0.15) is 0 Å². The second-order valence-electron chi connectivity index (χ2n) is 3.63. The Morgan fingerprint density at radius 3 is 2.68 bits per heavy atom. The lowest BCUT2D eigenvalue weighted by Gasteiger charge is -2.08. The number of benzene rings is 1. The molecule has 7 nitrogen and oxygen atoms in total. The predicted molar refractivity (Wildman–Crippen MR) is 66.4 cm³/mol. The van der Waals surface area contributed by atoms with E-state index in [0.717, 1.165) is 0 Å². The van der Waals surface area contributed by atoms with E-state index in [-0.39, 0.29) is 30.2 Å². The molecular formula is C12H15NO6. The van der Waals surface area contributed by atoms with Crippen LogP contribution in [0.4, 0.5) is 5.69 Å². The molecule has 0 aromatic heterocycles. The van der Waals surface area contributed by atoms with Crippen LogP contribution in [0.1, 0.15) is 10.4 Å². The Labute approximate surface area is 109 Å². The minimum atomic E-state index is -1.15. The third kappa shape index (κ3) is 4.94. The third-order valence-electron chi connectivity index (χ3n) is 2.18. The van der Waals surface area contributed by atoms with Crippen LogP contribution < -0.4 is 5.32 Å². The van der Waals surface area contributed by atoms with Crippen molar-refractivity contribution >= 4 is 17.6 Å². The maximum Gasteiger partial charge on any atom is 0.335 e. The van der Waals surface area contributed by atoms with E-state index in [1.165, 1.54) is 25.3 Å². The molecule has 1 amide bonds. The first-order valence-electron chi connectivity index (χ1n) is 5.47. The van der Waals surface area contributed by atoms with Gasteiger partial charge >= 0.3 is 5.97 Å². The summed E-state index contributed by atoms with van der Waals surface area (Å²) >= 11 is 0. The van der Waals surface area contributed by atoms with Crippen molar-refractivity contribution < 1.29 is 29.3 Å². The number of hydrogen-bond donors (Lipinski definition) is 3. The number of amides is 1. The molecule has 0 bridgehead atoms. The fourth-order valence-corrected chi connectivity index (χ4v) is 1.26. The van der Waals surface area contributed by atoms with Crippen molar-refractivity contribution in [2.24, 2.45) is 0 Å². The van der Waals surface area contributed by atoms with Crippen molar-refractivity contribution in [1.82, 2.24) is 0 Å². The Balaban J connectivity index is 2.58. The first-order valence-corrected chi connectivity index (χ1v) is 5.47. The number of phenols is 1. The number of carbonyl (C=O) groups excluding carboxylic acids is 1. The van der Waals surface area contributed by atoms with E-state index in [9.17, 15) is 14.7 Å². The highest BCUT2D eigenvalue weighted by Crippen LogP contribution is 2.24. The summed E-state index contributed by atoms with van der Waals surface area (Å²) in [5, 5.41) is 20.7. The summed E-state index contributed by atoms with van der Waals surface area (Å²) < 4.78 is 9.73. The smallest absolute Gasteiger partial charge is 0.335 e. The van der Waals surface area contributed by atoms with Crippen LogP contribution in [0.3, 0.4) is 0 Å². The number of carbonyl (C=O) groups is 2. The van der Waals surface area contributed by atoms with Crippen molar-refractivity contribution in [3.63, 3.8) is 0 Å². The lowest BCUT2D eigenvalue weighted by atomic mass is 10.2. The van der Waals surface area contributed by atoms with Crippen LogP contribution >= 0.6 is 0 Å². The van der Waals surface area contributed by atoms with E-state index in [1.54, 1.807) is 0 Å². The molecule has 0 atom stereocenters. The van der Waals surface area contributed by atoms with E-state index in [4.69, 9.17) is 14.6 Å². The molecule has 0 aliphatic heterocycles. The number of nitrogens with one attached hydrogen (secondary N) is 1. The van der Waals surface area contributed by atoms with E-state index in [2.05, 4.69) is 5.32 Å². The van der Waals surface area contributed by atoms with Gasteiger partial charge in [0.15, 0.2) is 0 Å². The number of aromatic hydroxyl groups is 1. The fraction of sp³-hybridized carbons (Fsp3) is 0.333. The summed E-state index contributed by atoms with van der Waals surface area (Å²) in [6.07, 6.45) is 0. The standard InChI is InChI=1S/C12H15NO6/c1-18-4-5-19-7-11(15)13-9-6-8(12(16)17)2-3-10(9)14/h2-3,6,14H,4-5,7H2,1H3,(H,13,15)(H,16,17). The van der Waals surface area contributed by atoms with Gasteiger partial charge in [-0.05, 0) is 18.2 Å². The number of carboxylic acid groups (broad SMARTS) is 1. The lowest BCUT2D eigenvalue weighted by Crippen LogP contribution is -2.19. The van der Waals surface area contributed by atoms with Gasteiger partial charge in [0.1, 0.15) is 12.4 Å². The molecule has 1 rings (SSSR count). The number of carboxylic acids is 1. The summed E-state index contributed by atoms with van der Waals surface area (Å²) in [7, 11) is 1.51. The molecule has 0 spiro atoms. The van der Waals surface area contributed by atoms with E-state index < -0.39 is 11.9 Å². The van der Waals surface area contributed by atoms with Crippen LogP contribution in [0.2, 0.25) is 0 Å². The lowest BCUT2D eigenvalue weighted by molar-refractivity contribution is -0.121. The Morgan fingerprint density at radius 2 is 2.05 bits per heavy atom. The van der Waals surface area contributed by atoms with Gasteiger partial charge in [-0.15, -0.1) is 0 Å². The summed E-state index contributed by atoms with van der Waals surface area (Å²) in [6, 6.07) is 3.61. The highest BCUT2D eigenvalue weighted by molar-refractivity contribution is 5.96. The molecular weight excluding hydrogens is 254 g/mol. The molecule has 104 valence electrons. The van der Waals surface area contributed by atoms with E-state index in [1.807, 2.05) is 0 Å². The summed E-state index contributed by atoms with van der Waals surface area (Å²) in [5.74, 6) is -1.85. The molecule has 0 radical (unpaired) electrons. The van der Waals surface area contributed by atoms with Crippen LogP contribution in [0.15, 0.2) is 18.2 Å². The van der Waals surface area contributed by atoms with Gasteiger partial charge in [-0.1, -0.05) is 0 Å². The summed E-state index contributed by atoms with van der Waals surface area (Å²) in [6.45, 7) is 0.429. The van der Waals surface area contributed by atoms with Gasteiger partial charge in [-0.25, -0.2) is 4.79 Å². The predicted octanol–water partition coefficient (Wildman–Crippen LogP) is 0.692. The number of methoxy groups -OCH3 is 1. The molecule has 19 heavy (non-hydrogen) atoms.